The van der Waals surface area contributed by atoms with E-state index in [2.05, 4.69) is 32.9 Å². The Balaban J connectivity index is 1.99. The summed E-state index contributed by atoms with van der Waals surface area (Å²) in [6, 6.07) is 0. The van der Waals surface area contributed by atoms with Crippen LogP contribution in [0.25, 0.3) is 0 Å². The average Bonchev–Trinajstić information content (AvgIpc) is 2.36. The lowest BCUT2D eigenvalue weighted by molar-refractivity contribution is -0.0270. The summed E-state index contributed by atoms with van der Waals surface area (Å²) in [5.74, 6) is 0.943. The zero-order chi connectivity index (χ0) is 10.7. The van der Waals surface area contributed by atoms with Crippen molar-refractivity contribution in [3.63, 3.8) is 0 Å². The molecule has 0 nitrogen and oxygen atoms in total. The molecule has 0 saturated heterocycles. The van der Waals surface area contributed by atoms with Gasteiger partial charge < -0.3 is 0 Å². The van der Waals surface area contributed by atoms with Crippen LogP contribution in [-0.4, -0.2) is 0 Å². The second-order valence-electron chi connectivity index (χ2n) is 7.32. The molecule has 0 amide bonds. The first-order chi connectivity index (χ1) is 6.96. The van der Waals surface area contributed by atoms with E-state index in [1.165, 1.54) is 38.5 Å². The summed E-state index contributed by atoms with van der Waals surface area (Å²) in [6.07, 6.45) is 14.0. The minimum absolute atomic E-state index is 0.471. The predicted octanol–water partition coefficient (Wildman–Crippen LogP) is 4.56. The van der Waals surface area contributed by atoms with Gasteiger partial charge in [0.1, 0.15) is 0 Å². The van der Waals surface area contributed by atoms with Crippen LogP contribution in [0, 0.1) is 22.2 Å². The maximum absolute atomic E-state index is 2.61. The van der Waals surface area contributed by atoms with Crippen molar-refractivity contribution in [3.05, 3.63) is 12.2 Å². The van der Waals surface area contributed by atoms with Gasteiger partial charge in [-0.2, -0.15) is 0 Å². The molecule has 2 fully saturated rings. The summed E-state index contributed by atoms with van der Waals surface area (Å²) in [5.41, 5.74) is 1.76. The van der Waals surface area contributed by atoms with Crippen LogP contribution < -0.4 is 0 Å². The lowest BCUT2D eigenvalue weighted by Crippen LogP contribution is -2.45. The topological polar surface area (TPSA) is 0 Å². The first kappa shape index (κ1) is 9.93. The molecule has 15 heavy (non-hydrogen) atoms. The van der Waals surface area contributed by atoms with Gasteiger partial charge in [0.25, 0.3) is 0 Å². The second kappa shape index (κ2) is 2.70. The third-order valence-electron chi connectivity index (χ3n) is 5.65. The van der Waals surface area contributed by atoms with Crippen molar-refractivity contribution >= 4 is 0 Å². The first-order valence-electron chi connectivity index (χ1n) is 6.66. The van der Waals surface area contributed by atoms with Crippen molar-refractivity contribution in [2.75, 3.05) is 0 Å². The Morgan fingerprint density at radius 2 is 1.80 bits per heavy atom. The molecule has 0 aromatic carbocycles. The van der Waals surface area contributed by atoms with E-state index in [4.69, 9.17) is 0 Å². The highest BCUT2D eigenvalue weighted by molar-refractivity contribution is 5.22. The van der Waals surface area contributed by atoms with Crippen LogP contribution in [0.5, 0.6) is 0 Å². The molecule has 2 saturated carbocycles. The summed E-state index contributed by atoms with van der Waals surface area (Å²) in [4.78, 5) is 0. The van der Waals surface area contributed by atoms with Crippen LogP contribution in [0.2, 0.25) is 0 Å². The van der Waals surface area contributed by atoms with Gasteiger partial charge in [-0.25, -0.2) is 0 Å². The van der Waals surface area contributed by atoms with Crippen LogP contribution in [0.1, 0.15) is 59.3 Å². The molecule has 0 aliphatic heterocycles. The third-order valence-corrected chi connectivity index (χ3v) is 5.65. The molecule has 0 heteroatoms. The van der Waals surface area contributed by atoms with Crippen molar-refractivity contribution in [3.8, 4) is 0 Å². The second-order valence-corrected chi connectivity index (χ2v) is 7.32. The van der Waals surface area contributed by atoms with Crippen molar-refractivity contribution in [2.45, 2.75) is 59.3 Å². The zero-order valence-corrected chi connectivity index (χ0v) is 10.5. The lowest BCUT2D eigenvalue weighted by atomic mass is 9.50. The summed E-state index contributed by atoms with van der Waals surface area (Å²) in [6.45, 7) is 7.42. The van der Waals surface area contributed by atoms with Gasteiger partial charge in [-0.15, -0.1) is 0 Å². The average molecular weight is 204 g/mol. The molecule has 1 spiro atoms. The Labute approximate surface area is 94.1 Å². The number of fused-ring (bicyclic) bond motifs is 1. The van der Waals surface area contributed by atoms with Crippen LogP contribution in [0.4, 0.5) is 0 Å². The summed E-state index contributed by atoms with van der Waals surface area (Å²) >= 11 is 0. The summed E-state index contributed by atoms with van der Waals surface area (Å²) in [5, 5.41) is 0. The van der Waals surface area contributed by atoms with E-state index in [9.17, 15) is 0 Å². The van der Waals surface area contributed by atoms with Crippen molar-refractivity contribution in [1.29, 1.82) is 0 Å². The highest BCUT2D eigenvalue weighted by Crippen LogP contribution is 2.65. The van der Waals surface area contributed by atoms with Crippen molar-refractivity contribution in [1.82, 2.24) is 0 Å². The van der Waals surface area contributed by atoms with Gasteiger partial charge in [0.15, 0.2) is 0 Å². The molecular formula is C15H24. The first-order valence-corrected chi connectivity index (χ1v) is 6.66. The number of hydrogen-bond donors (Lipinski definition) is 0. The number of hydrogen-bond acceptors (Lipinski definition) is 0. The van der Waals surface area contributed by atoms with E-state index in [1.807, 2.05) is 0 Å². The molecular weight excluding hydrogens is 180 g/mol. The SMILES string of the molecule is CC12CCCC3(C=CC(C)(C)[C@@H]3CC1)C2. The fourth-order valence-corrected chi connectivity index (χ4v) is 4.97. The van der Waals surface area contributed by atoms with Crippen LogP contribution in [0.3, 0.4) is 0 Å². The molecule has 0 N–H and O–H groups in total. The van der Waals surface area contributed by atoms with Crippen LogP contribution >= 0.6 is 0 Å². The molecule has 84 valence electrons. The lowest BCUT2D eigenvalue weighted by Gasteiger charge is -2.55. The predicted molar refractivity (Wildman–Crippen MR) is 64.7 cm³/mol. The smallest absolute Gasteiger partial charge is 0.00765 e. The van der Waals surface area contributed by atoms with E-state index in [0.717, 1.165) is 5.92 Å². The monoisotopic (exact) mass is 204 g/mol. The normalized spacial score (nSPS) is 51.5. The van der Waals surface area contributed by atoms with Gasteiger partial charge in [0, 0.05) is 0 Å². The van der Waals surface area contributed by atoms with E-state index in [0.29, 0.717) is 16.2 Å². The Kier molecular flexibility index (Phi) is 1.79. The molecule has 3 aliphatic rings. The molecule has 2 unspecified atom stereocenters. The standard InChI is InChI=1S/C15H24/c1-13(2)9-10-15-7-4-6-14(3,11-15)8-5-12(13)15/h9-10,12H,4-8,11H2,1-3H3/t12-,14?,15?/m0/s1. The quantitative estimate of drug-likeness (QED) is 0.507. The van der Waals surface area contributed by atoms with Gasteiger partial charge in [0.2, 0.25) is 0 Å². The van der Waals surface area contributed by atoms with Crippen molar-refractivity contribution < 1.29 is 0 Å². The van der Waals surface area contributed by atoms with E-state index in [-0.39, 0.29) is 0 Å². The molecule has 3 rings (SSSR count). The van der Waals surface area contributed by atoms with Crippen LogP contribution in [0.15, 0.2) is 12.2 Å². The molecule has 0 heterocycles. The minimum atomic E-state index is 0.471. The molecule has 3 atom stereocenters. The maximum atomic E-state index is 2.61. The van der Waals surface area contributed by atoms with Gasteiger partial charge in [-0.05, 0) is 54.3 Å². The van der Waals surface area contributed by atoms with E-state index >= 15 is 0 Å². The van der Waals surface area contributed by atoms with Crippen molar-refractivity contribution in [2.24, 2.45) is 22.2 Å². The van der Waals surface area contributed by atoms with E-state index in [1.54, 1.807) is 0 Å². The largest absolute Gasteiger partial charge is 0.0820 e. The third kappa shape index (κ3) is 1.26. The molecule has 2 bridgehead atoms. The molecule has 0 aromatic rings. The van der Waals surface area contributed by atoms with E-state index < -0.39 is 0 Å². The maximum Gasteiger partial charge on any atom is -0.00765 e. The number of allylic oxidation sites excluding steroid dienone is 2. The molecule has 3 aliphatic carbocycles. The Morgan fingerprint density at radius 1 is 1.00 bits per heavy atom. The summed E-state index contributed by atoms with van der Waals surface area (Å²) < 4.78 is 0. The van der Waals surface area contributed by atoms with Gasteiger partial charge in [-0.1, -0.05) is 39.3 Å². The summed E-state index contributed by atoms with van der Waals surface area (Å²) in [7, 11) is 0. The fourth-order valence-electron chi connectivity index (χ4n) is 4.97. The Hall–Kier alpha value is -0.260. The van der Waals surface area contributed by atoms with Gasteiger partial charge in [0.05, 0.1) is 0 Å². The zero-order valence-electron chi connectivity index (χ0n) is 10.5. The van der Waals surface area contributed by atoms with Crippen LogP contribution in [-0.2, 0) is 0 Å². The Morgan fingerprint density at radius 3 is 2.60 bits per heavy atom. The van der Waals surface area contributed by atoms with Gasteiger partial charge in [-0.3, -0.25) is 0 Å². The molecule has 0 aromatic heterocycles. The highest BCUT2D eigenvalue weighted by atomic mass is 14.6. The minimum Gasteiger partial charge on any atom is -0.0820 e. The Bertz CT molecular complexity index is 312. The molecule has 0 radical (unpaired) electrons. The number of rotatable bonds is 0. The highest BCUT2D eigenvalue weighted by Gasteiger charge is 2.55. The fraction of sp³-hybridized carbons (Fsp3) is 0.867. The van der Waals surface area contributed by atoms with Gasteiger partial charge >= 0.3 is 0 Å².